The van der Waals surface area contributed by atoms with Crippen molar-refractivity contribution in [1.82, 2.24) is 4.98 Å². The second-order valence-corrected chi connectivity index (χ2v) is 8.33. The lowest BCUT2D eigenvalue weighted by Gasteiger charge is -2.12. The number of nitrogens with two attached hydrogens (primary N) is 1. The maximum Gasteiger partial charge on any atom is 0.466 e. The van der Waals surface area contributed by atoms with Crippen LogP contribution in [0.1, 0.15) is 25.5 Å². The normalized spacial score (nSPS) is 12.2. The smallest absolute Gasteiger partial charge is 0.466 e. The Bertz CT molecular complexity index is 847. The minimum Gasteiger partial charge on any atom is -0.497 e. The first-order valence-electron chi connectivity index (χ1n) is 8.61. The number of benzene rings is 1. The van der Waals surface area contributed by atoms with Gasteiger partial charge in [-0.2, -0.15) is 0 Å². The second kappa shape index (κ2) is 13.0. The first-order valence-corrected chi connectivity index (χ1v) is 11.7. The molecule has 0 saturated carbocycles. The van der Waals surface area contributed by atoms with Gasteiger partial charge < -0.3 is 45.1 Å². The largest absolute Gasteiger partial charge is 0.497 e. The summed E-state index contributed by atoms with van der Waals surface area (Å²) in [5.74, 6) is 0.845. The highest BCUT2D eigenvalue weighted by atomic mass is 31.2. The lowest BCUT2D eigenvalue weighted by Crippen LogP contribution is -2.16. The van der Waals surface area contributed by atoms with Crippen LogP contribution in [-0.2, 0) is 9.13 Å². The van der Waals surface area contributed by atoms with Gasteiger partial charge in [0.25, 0.3) is 0 Å². The predicted molar refractivity (Wildman–Crippen MR) is 113 cm³/mol. The Morgan fingerprint density at radius 1 is 1.10 bits per heavy atom. The van der Waals surface area contributed by atoms with Crippen molar-refractivity contribution in [3.63, 3.8) is 0 Å². The van der Waals surface area contributed by atoms with Crippen molar-refractivity contribution in [2.45, 2.75) is 32.7 Å². The molecule has 0 radical (unpaired) electrons. The van der Waals surface area contributed by atoms with Gasteiger partial charge in [-0.25, -0.2) is 9.13 Å². The summed E-state index contributed by atoms with van der Waals surface area (Å²) in [5.41, 5.74) is 8.80. The number of rotatable bonds is 6. The molecule has 1 unspecified atom stereocenters. The Kier molecular flexibility index (Phi) is 12.3. The summed E-state index contributed by atoms with van der Waals surface area (Å²) in [5, 5.41) is 4.53. The molecule has 0 spiro atoms. The quantitative estimate of drug-likeness (QED) is 0.221. The molecule has 1 aromatic carbocycles. The molecular weight excluding hydrogens is 440 g/mol. The number of hydrogen-bond acceptors (Lipinski definition) is 6. The van der Waals surface area contributed by atoms with Crippen LogP contribution in [0, 0.1) is 6.92 Å². The van der Waals surface area contributed by atoms with Crippen LogP contribution in [0.2, 0.25) is 0 Å². The molecule has 0 saturated heterocycles. The van der Waals surface area contributed by atoms with Gasteiger partial charge in [-0.3, -0.25) is 4.98 Å². The lowest BCUT2D eigenvalue weighted by molar-refractivity contribution is 0.272. The molecule has 14 heteroatoms. The molecule has 0 aliphatic rings. The highest BCUT2D eigenvalue weighted by molar-refractivity contribution is 7.45. The number of phosphoric acid groups is 2. The first-order chi connectivity index (χ1) is 13.6. The van der Waals surface area contributed by atoms with Gasteiger partial charge in [0.1, 0.15) is 5.75 Å². The van der Waals surface area contributed by atoms with Gasteiger partial charge in [-0.1, -0.05) is 6.07 Å². The van der Waals surface area contributed by atoms with Gasteiger partial charge in [0, 0.05) is 29.7 Å². The number of nitrogens with one attached hydrogen (secondary N) is 1. The van der Waals surface area contributed by atoms with Crippen LogP contribution in [0.25, 0.3) is 10.9 Å². The molecule has 2 rings (SSSR count). The average molecular weight is 469 g/mol. The standard InChI is InChI=1S/C16H23N3O.2H3O4P/c1-11(17)5-4-8-18-15-10-14(20-3)9-13-7-6-12(2)19-16(13)15;2*1-5(2,3)4/h6-7,9-11,18H,4-5,8,17H2,1-3H3;2*(H3,1,2,3,4). The van der Waals surface area contributed by atoms with Crippen LogP contribution in [0.4, 0.5) is 5.69 Å². The van der Waals surface area contributed by atoms with E-state index in [9.17, 15) is 0 Å². The first kappa shape index (κ1) is 28.4. The van der Waals surface area contributed by atoms with E-state index in [4.69, 9.17) is 49.0 Å². The highest BCUT2D eigenvalue weighted by Crippen LogP contribution is 2.28. The van der Waals surface area contributed by atoms with Crippen LogP contribution < -0.4 is 15.8 Å². The van der Waals surface area contributed by atoms with Crippen molar-refractivity contribution >= 4 is 32.2 Å². The zero-order valence-electron chi connectivity index (χ0n) is 16.8. The number of hydrogen-bond donors (Lipinski definition) is 8. The third kappa shape index (κ3) is 16.2. The molecule has 0 aliphatic carbocycles. The summed E-state index contributed by atoms with van der Waals surface area (Å²) in [6.07, 6.45) is 2.06. The Hall–Kier alpha value is -1.59. The van der Waals surface area contributed by atoms with Gasteiger partial charge in [-0.05, 0) is 38.8 Å². The Morgan fingerprint density at radius 3 is 2.10 bits per heavy atom. The van der Waals surface area contributed by atoms with Crippen molar-refractivity contribution in [2.75, 3.05) is 19.0 Å². The summed E-state index contributed by atoms with van der Waals surface area (Å²) in [6.45, 7) is 4.93. The third-order valence-corrected chi connectivity index (χ3v) is 3.29. The van der Waals surface area contributed by atoms with Crippen molar-refractivity contribution in [2.24, 2.45) is 5.73 Å². The minimum atomic E-state index is -4.64. The van der Waals surface area contributed by atoms with Crippen LogP contribution >= 0.6 is 15.6 Å². The number of pyridine rings is 1. The molecule has 0 fully saturated rings. The number of ether oxygens (including phenoxy) is 1. The molecular formula is C16H29N3O9P2. The topological polar surface area (TPSA) is 216 Å². The maximum absolute atomic E-state index is 8.88. The van der Waals surface area contributed by atoms with E-state index in [1.54, 1.807) is 7.11 Å². The molecule has 0 amide bonds. The molecule has 1 atom stereocenters. The summed E-state index contributed by atoms with van der Waals surface area (Å²) in [4.78, 5) is 47.7. The zero-order valence-corrected chi connectivity index (χ0v) is 18.6. The van der Waals surface area contributed by atoms with Crippen molar-refractivity contribution in [1.29, 1.82) is 0 Å². The molecule has 0 aliphatic heterocycles. The Morgan fingerprint density at radius 2 is 1.63 bits per heavy atom. The van der Waals surface area contributed by atoms with Crippen LogP contribution in [0.15, 0.2) is 24.3 Å². The van der Waals surface area contributed by atoms with Crippen molar-refractivity contribution in [3.8, 4) is 5.75 Å². The number of anilines is 1. The average Bonchev–Trinajstić information content (AvgIpc) is 2.55. The molecule has 9 N–H and O–H groups in total. The SMILES string of the molecule is COc1cc(NCCCC(C)N)c2nc(C)ccc2c1.O=P(O)(O)O.O=P(O)(O)O. The molecule has 12 nitrogen and oxygen atoms in total. The minimum absolute atomic E-state index is 0.249. The predicted octanol–water partition coefficient (Wildman–Crippen LogP) is 1.23. The molecule has 30 heavy (non-hydrogen) atoms. The van der Waals surface area contributed by atoms with Gasteiger partial charge in [0.05, 0.1) is 18.3 Å². The van der Waals surface area contributed by atoms with E-state index in [-0.39, 0.29) is 6.04 Å². The maximum atomic E-state index is 8.88. The zero-order chi connectivity index (χ0) is 23.5. The molecule has 2 aromatic rings. The van der Waals surface area contributed by atoms with E-state index >= 15 is 0 Å². The molecule has 1 heterocycles. The number of fused-ring (bicyclic) bond motifs is 1. The van der Waals surface area contributed by atoms with Crippen LogP contribution in [-0.4, -0.2) is 54.0 Å². The number of aryl methyl sites for hydroxylation is 1. The lowest BCUT2D eigenvalue weighted by atomic mass is 10.1. The fraction of sp³-hybridized carbons (Fsp3) is 0.438. The van der Waals surface area contributed by atoms with E-state index in [1.807, 2.05) is 32.0 Å². The summed E-state index contributed by atoms with van der Waals surface area (Å²) >= 11 is 0. The third-order valence-electron chi connectivity index (χ3n) is 3.29. The van der Waals surface area contributed by atoms with Crippen molar-refractivity contribution in [3.05, 3.63) is 30.0 Å². The summed E-state index contributed by atoms with van der Waals surface area (Å²) in [6, 6.07) is 8.35. The number of aromatic nitrogens is 1. The van der Waals surface area contributed by atoms with Crippen LogP contribution in [0.5, 0.6) is 5.75 Å². The second-order valence-electron chi connectivity index (χ2n) is 6.27. The number of nitrogens with zero attached hydrogens (tertiary/aromatic N) is 1. The monoisotopic (exact) mass is 469 g/mol. The molecule has 1 aromatic heterocycles. The Balaban J connectivity index is 0.000000702. The van der Waals surface area contributed by atoms with Gasteiger partial charge in [-0.15, -0.1) is 0 Å². The van der Waals surface area contributed by atoms with E-state index < -0.39 is 15.6 Å². The van der Waals surface area contributed by atoms with E-state index in [0.29, 0.717) is 0 Å². The summed E-state index contributed by atoms with van der Waals surface area (Å²) < 4.78 is 23.1. The Labute approximate surface area is 174 Å². The molecule has 172 valence electrons. The fourth-order valence-corrected chi connectivity index (χ4v) is 2.20. The highest BCUT2D eigenvalue weighted by Gasteiger charge is 2.06. The van der Waals surface area contributed by atoms with E-state index in [0.717, 1.165) is 47.4 Å². The number of methoxy groups -OCH3 is 1. The summed E-state index contributed by atoms with van der Waals surface area (Å²) in [7, 11) is -7.59. The van der Waals surface area contributed by atoms with Crippen LogP contribution in [0.3, 0.4) is 0 Å². The van der Waals surface area contributed by atoms with Gasteiger partial charge in [0.15, 0.2) is 0 Å². The van der Waals surface area contributed by atoms with Gasteiger partial charge >= 0.3 is 15.6 Å². The molecule has 0 bridgehead atoms. The van der Waals surface area contributed by atoms with E-state index in [1.165, 1.54) is 0 Å². The van der Waals surface area contributed by atoms with Crippen molar-refractivity contribution < 1.29 is 43.2 Å². The van der Waals surface area contributed by atoms with E-state index in [2.05, 4.69) is 16.4 Å². The van der Waals surface area contributed by atoms with Gasteiger partial charge in [0.2, 0.25) is 0 Å². The fourth-order valence-electron chi connectivity index (χ4n) is 2.20.